The largest absolute Gasteiger partial charge is 0.489 e. The molecule has 1 aromatic heterocycles. The van der Waals surface area contributed by atoms with Crippen LogP contribution in [0, 0.1) is 5.82 Å². The summed E-state index contributed by atoms with van der Waals surface area (Å²) in [4.78, 5) is 21.6. The van der Waals surface area contributed by atoms with E-state index in [0.29, 0.717) is 18.8 Å². The summed E-state index contributed by atoms with van der Waals surface area (Å²) < 4.78 is 18.6. The van der Waals surface area contributed by atoms with Gasteiger partial charge in [0.2, 0.25) is 0 Å². The van der Waals surface area contributed by atoms with Gasteiger partial charge in [0.05, 0.1) is 6.54 Å². The molecule has 0 bridgehead atoms. The fourth-order valence-corrected chi connectivity index (χ4v) is 3.02. The van der Waals surface area contributed by atoms with Crippen LogP contribution >= 0.6 is 0 Å². The molecule has 0 aliphatic carbocycles. The van der Waals surface area contributed by atoms with Gasteiger partial charge in [-0.3, -0.25) is 0 Å². The molecule has 25 heavy (non-hydrogen) atoms. The second-order valence-electron chi connectivity index (χ2n) is 6.33. The molecule has 2 N–H and O–H groups in total. The zero-order valence-corrected chi connectivity index (χ0v) is 14.2. The van der Waals surface area contributed by atoms with Crippen molar-refractivity contribution in [3.63, 3.8) is 0 Å². The summed E-state index contributed by atoms with van der Waals surface area (Å²) >= 11 is 0. The molecule has 2 amide bonds. The van der Waals surface area contributed by atoms with Crippen LogP contribution in [-0.4, -0.2) is 46.6 Å². The summed E-state index contributed by atoms with van der Waals surface area (Å²) in [5, 5.41) is 2.91. The maximum atomic E-state index is 12.9. The number of aromatic nitrogens is 2. The highest BCUT2D eigenvalue weighted by atomic mass is 19.1. The normalized spacial score (nSPS) is 18.6. The average Bonchev–Trinajstić information content (AvgIpc) is 3.16. The number of nitrogens with one attached hydrogen (secondary N) is 2. The first kappa shape index (κ1) is 17.3. The predicted molar refractivity (Wildman–Crippen MR) is 92.0 cm³/mol. The van der Waals surface area contributed by atoms with Gasteiger partial charge < -0.3 is 19.9 Å². The minimum atomic E-state index is -0.301. The van der Waals surface area contributed by atoms with E-state index in [1.807, 2.05) is 18.0 Å². The van der Waals surface area contributed by atoms with Crippen molar-refractivity contribution in [1.29, 1.82) is 0 Å². The molecule has 6 nitrogen and oxygen atoms in total. The monoisotopic (exact) mass is 346 g/mol. The lowest BCUT2D eigenvalue weighted by molar-refractivity contribution is 0.168. The lowest BCUT2D eigenvalue weighted by atomic mass is 9.98. The van der Waals surface area contributed by atoms with E-state index in [1.54, 1.807) is 18.3 Å². The maximum Gasteiger partial charge on any atom is 0.317 e. The summed E-state index contributed by atoms with van der Waals surface area (Å²) in [7, 11) is 0. The third kappa shape index (κ3) is 4.71. The SMILES string of the molecule is C[C@@H](CNC(=O)N1CCC[C@H](c2ncc[nH]2)C1)Oc1ccc(F)cc1. The second kappa shape index (κ2) is 8.00. The molecule has 7 heteroatoms. The smallest absolute Gasteiger partial charge is 0.317 e. The van der Waals surface area contributed by atoms with Crippen LogP contribution in [0.3, 0.4) is 0 Å². The zero-order chi connectivity index (χ0) is 17.6. The molecule has 1 aliphatic heterocycles. The van der Waals surface area contributed by atoms with Gasteiger partial charge in [-0.2, -0.15) is 0 Å². The Morgan fingerprint density at radius 3 is 3.00 bits per heavy atom. The molecule has 2 atom stereocenters. The van der Waals surface area contributed by atoms with Gasteiger partial charge in [0.25, 0.3) is 0 Å². The van der Waals surface area contributed by atoms with Crippen LogP contribution in [0.1, 0.15) is 31.5 Å². The van der Waals surface area contributed by atoms with E-state index in [9.17, 15) is 9.18 Å². The van der Waals surface area contributed by atoms with Crippen molar-refractivity contribution < 1.29 is 13.9 Å². The van der Waals surface area contributed by atoms with Gasteiger partial charge in [0.15, 0.2) is 0 Å². The third-order valence-corrected chi connectivity index (χ3v) is 4.31. The number of imidazole rings is 1. The number of hydrogen-bond donors (Lipinski definition) is 2. The Bertz CT molecular complexity index is 675. The number of rotatable bonds is 5. The van der Waals surface area contributed by atoms with Crippen molar-refractivity contribution in [3.8, 4) is 5.75 Å². The maximum absolute atomic E-state index is 12.9. The molecule has 0 unspecified atom stereocenters. The molecular weight excluding hydrogens is 323 g/mol. The highest BCUT2D eigenvalue weighted by molar-refractivity contribution is 5.74. The summed E-state index contributed by atoms with van der Waals surface area (Å²) in [6, 6.07) is 5.76. The van der Waals surface area contributed by atoms with Gasteiger partial charge in [-0.1, -0.05) is 0 Å². The van der Waals surface area contributed by atoms with Gasteiger partial charge in [0, 0.05) is 31.4 Å². The zero-order valence-electron chi connectivity index (χ0n) is 14.2. The Morgan fingerprint density at radius 1 is 1.48 bits per heavy atom. The number of halogens is 1. The van der Waals surface area contributed by atoms with Crippen LogP contribution in [0.25, 0.3) is 0 Å². The Morgan fingerprint density at radius 2 is 2.28 bits per heavy atom. The van der Waals surface area contributed by atoms with Gasteiger partial charge >= 0.3 is 6.03 Å². The summed E-state index contributed by atoms with van der Waals surface area (Å²) in [6.45, 7) is 3.66. The van der Waals surface area contributed by atoms with E-state index in [2.05, 4.69) is 15.3 Å². The quantitative estimate of drug-likeness (QED) is 0.874. The Labute approximate surface area is 146 Å². The average molecular weight is 346 g/mol. The first-order chi connectivity index (χ1) is 12.1. The van der Waals surface area contributed by atoms with Gasteiger partial charge in [-0.05, 0) is 44.0 Å². The number of benzene rings is 1. The highest BCUT2D eigenvalue weighted by Crippen LogP contribution is 2.24. The van der Waals surface area contributed by atoms with Crippen LogP contribution in [0.5, 0.6) is 5.75 Å². The number of urea groups is 1. The van der Waals surface area contributed by atoms with E-state index in [-0.39, 0.29) is 23.9 Å². The number of aromatic amines is 1. The summed E-state index contributed by atoms with van der Waals surface area (Å²) in [5.74, 6) is 1.47. The van der Waals surface area contributed by atoms with E-state index < -0.39 is 0 Å². The van der Waals surface area contributed by atoms with Crippen LogP contribution in [0.2, 0.25) is 0 Å². The van der Waals surface area contributed by atoms with Gasteiger partial charge in [-0.15, -0.1) is 0 Å². The fraction of sp³-hybridized carbons (Fsp3) is 0.444. The van der Waals surface area contributed by atoms with Crippen LogP contribution in [0.15, 0.2) is 36.7 Å². The number of carbonyl (C=O) groups excluding carboxylic acids is 1. The minimum absolute atomic E-state index is 0.0918. The van der Waals surface area contributed by atoms with Crippen LogP contribution < -0.4 is 10.1 Å². The first-order valence-electron chi connectivity index (χ1n) is 8.56. The Kier molecular flexibility index (Phi) is 5.53. The Balaban J connectivity index is 1.46. The standard InChI is InChI=1S/C18H23FN4O2/c1-13(25-16-6-4-15(19)5-7-16)11-22-18(24)23-10-2-3-14(12-23)17-20-8-9-21-17/h4-9,13-14H,2-3,10-12H2,1H3,(H,20,21)(H,22,24)/t13-,14-/m0/s1. The van der Waals surface area contributed by atoms with E-state index in [4.69, 9.17) is 4.74 Å². The molecule has 134 valence electrons. The van der Waals surface area contributed by atoms with Crippen molar-refractivity contribution in [1.82, 2.24) is 20.2 Å². The first-order valence-corrected chi connectivity index (χ1v) is 8.56. The number of nitrogens with zero attached hydrogens (tertiary/aromatic N) is 2. The van der Waals surface area contributed by atoms with Crippen molar-refractivity contribution >= 4 is 6.03 Å². The summed E-state index contributed by atoms with van der Waals surface area (Å²) in [6.07, 6.45) is 5.33. The summed E-state index contributed by atoms with van der Waals surface area (Å²) in [5.41, 5.74) is 0. The number of carbonyl (C=O) groups is 1. The number of amides is 2. The molecule has 2 heterocycles. The van der Waals surface area contributed by atoms with Crippen LogP contribution in [0.4, 0.5) is 9.18 Å². The molecule has 2 aromatic rings. The molecule has 1 fully saturated rings. The number of hydrogen-bond acceptors (Lipinski definition) is 3. The molecule has 3 rings (SSSR count). The minimum Gasteiger partial charge on any atom is -0.489 e. The molecule has 1 aromatic carbocycles. The van der Waals surface area contributed by atoms with Crippen molar-refractivity contribution in [3.05, 3.63) is 48.3 Å². The molecule has 0 spiro atoms. The molecule has 0 saturated carbocycles. The topological polar surface area (TPSA) is 70.2 Å². The number of ether oxygens (including phenoxy) is 1. The molecular formula is C18H23FN4O2. The number of likely N-dealkylation sites (tertiary alicyclic amines) is 1. The fourth-order valence-electron chi connectivity index (χ4n) is 3.02. The highest BCUT2D eigenvalue weighted by Gasteiger charge is 2.26. The van der Waals surface area contributed by atoms with Gasteiger partial charge in [-0.25, -0.2) is 14.2 Å². The number of H-pyrrole nitrogens is 1. The van der Waals surface area contributed by atoms with Gasteiger partial charge in [0.1, 0.15) is 23.5 Å². The van der Waals surface area contributed by atoms with E-state index >= 15 is 0 Å². The third-order valence-electron chi connectivity index (χ3n) is 4.31. The van der Waals surface area contributed by atoms with Crippen LogP contribution in [-0.2, 0) is 0 Å². The second-order valence-corrected chi connectivity index (χ2v) is 6.33. The van der Waals surface area contributed by atoms with Crippen molar-refractivity contribution in [2.24, 2.45) is 0 Å². The lowest BCUT2D eigenvalue weighted by Gasteiger charge is -2.32. The van der Waals surface area contributed by atoms with Crippen molar-refractivity contribution in [2.75, 3.05) is 19.6 Å². The molecule has 0 radical (unpaired) electrons. The lowest BCUT2D eigenvalue weighted by Crippen LogP contribution is -2.47. The molecule has 1 aliphatic rings. The Hall–Kier alpha value is -2.57. The van der Waals surface area contributed by atoms with E-state index in [1.165, 1.54) is 12.1 Å². The van der Waals surface area contributed by atoms with Crippen molar-refractivity contribution in [2.45, 2.75) is 31.8 Å². The predicted octanol–water partition coefficient (Wildman–Crippen LogP) is 2.91. The molecule has 1 saturated heterocycles. The number of piperidine rings is 1. The van der Waals surface area contributed by atoms with E-state index in [0.717, 1.165) is 25.2 Å².